The van der Waals surface area contributed by atoms with Gasteiger partial charge in [-0.25, -0.2) is 0 Å². The number of aromatic hydroxyl groups is 1. The highest BCUT2D eigenvalue weighted by Gasteiger charge is 2.51. The van der Waals surface area contributed by atoms with Crippen LogP contribution in [0.4, 0.5) is 11.4 Å². The summed E-state index contributed by atoms with van der Waals surface area (Å²) in [6, 6.07) is 28.0. The number of carbonyl (C=O) groups excluding carboxylic acids is 3. The van der Waals surface area contributed by atoms with Crippen molar-refractivity contribution in [2.75, 3.05) is 75.3 Å². The van der Waals surface area contributed by atoms with Crippen LogP contribution in [0.25, 0.3) is 11.3 Å². The summed E-state index contributed by atoms with van der Waals surface area (Å²) in [5.74, 6) is -0.163. The van der Waals surface area contributed by atoms with Gasteiger partial charge in [0.2, 0.25) is 17.7 Å². The molecular weight excluding hydrogens is 767 g/mol. The van der Waals surface area contributed by atoms with Crippen LogP contribution in [0.2, 0.25) is 0 Å². The lowest BCUT2D eigenvalue weighted by Gasteiger charge is -2.55. The van der Waals surface area contributed by atoms with E-state index in [1.807, 2.05) is 24.3 Å². The number of rotatable bonds is 8. The predicted octanol–water partition coefficient (Wildman–Crippen LogP) is 5.91. The molecule has 6 fully saturated rings. The number of hydrogen-bond donors (Lipinski definition) is 2. The van der Waals surface area contributed by atoms with Gasteiger partial charge in [-0.1, -0.05) is 54.6 Å². The number of phenolic OH excluding ortho intramolecular Hbond substituents is 1. The van der Waals surface area contributed by atoms with Gasteiger partial charge in [-0.3, -0.25) is 24.6 Å². The standard InChI is InChI=1S/C49H57N7O5/c57-43-9-5-4-8-41(43)42-28-38(30-50-52-42)55-26-20-49(21-27-55,36-6-2-1-3-7-36)46(60)56-24-18-48(19-25-56)32-53(33-48)31-39-29-47(34-61-39)16-22-54(23-17-47)37-12-10-35(11-13-37)40-14-15-44(58)51-45(40)59/h1-13,28,30,39-40,57H,14-27,29,31-34H2,(H,51,58,59)/t39?,40-/m1/s1. The third kappa shape index (κ3) is 7.77. The van der Waals surface area contributed by atoms with E-state index in [4.69, 9.17) is 4.74 Å². The highest BCUT2D eigenvalue weighted by atomic mass is 16.5. The van der Waals surface area contributed by atoms with Crippen molar-refractivity contribution in [3.63, 3.8) is 0 Å². The van der Waals surface area contributed by atoms with Crippen molar-refractivity contribution in [1.29, 1.82) is 0 Å². The van der Waals surface area contributed by atoms with Gasteiger partial charge in [0.1, 0.15) is 5.75 Å². The average molecular weight is 824 g/mol. The van der Waals surface area contributed by atoms with E-state index in [1.165, 1.54) is 5.69 Å². The van der Waals surface area contributed by atoms with Gasteiger partial charge in [-0.15, -0.1) is 0 Å². The topological polar surface area (TPSA) is 131 Å². The first kappa shape index (κ1) is 39.8. The molecule has 10 rings (SSSR count). The highest BCUT2D eigenvalue weighted by Crippen LogP contribution is 2.47. The maximum Gasteiger partial charge on any atom is 0.234 e. The summed E-state index contributed by atoms with van der Waals surface area (Å²) in [6.07, 6.45) is 9.92. The molecule has 7 heterocycles. The van der Waals surface area contributed by atoms with E-state index in [0.29, 0.717) is 24.1 Å². The Bertz CT molecular complexity index is 2240. The van der Waals surface area contributed by atoms with Crippen molar-refractivity contribution >= 4 is 29.1 Å². The zero-order valence-electron chi connectivity index (χ0n) is 35.0. The summed E-state index contributed by atoms with van der Waals surface area (Å²) >= 11 is 0. The zero-order chi connectivity index (χ0) is 41.6. The first-order valence-electron chi connectivity index (χ1n) is 22.4. The minimum atomic E-state index is -0.566. The third-order valence-corrected chi connectivity index (χ3v) is 15.2. The van der Waals surface area contributed by atoms with Crippen LogP contribution in [-0.2, 0) is 24.5 Å². The van der Waals surface area contributed by atoms with Gasteiger partial charge < -0.3 is 24.5 Å². The van der Waals surface area contributed by atoms with E-state index < -0.39 is 5.41 Å². The Morgan fingerprint density at radius 2 is 1.46 bits per heavy atom. The summed E-state index contributed by atoms with van der Waals surface area (Å²) in [5, 5.41) is 21.5. The summed E-state index contributed by atoms with van der Waals surface area (Å²) in [7, 11) is 0. The Hall–Kier alpha value is -5.33. The molecule has 2 atom stereocenters. The molecule has 3 amide bonds. The number of benzene rings is 3. The zero-order valence-corrected chi connectivity index (χ0v) is 35.0. The number of nitrogens with zero attached hydrogens (tertiary/aromatic N) is 6. The molecule has 0 bridgehead atoms. The van der Waals surface area contributed by atoms with Gasteiger partial charge in [-0.2, -0.15) is 10.2 Å². The normalized spacial score (nSPS) is 24.8. The quantitative estimate of drug-likeness (QED) is 0.207. The average Bonchev–Trinajstić information content (AvgIpc) is 3.68. The summed E-state index contributed by atoms with van der Waals surface area (Å²) < 4.78 is 6.51. The van der Waals surface area contributed by atoms with Crippen LogP contribution in [0, 0.1) is 10.8 Å². The molecule has 6 aliphatic heterocycles. The van der Waals surface area contributed by atoms with Crippen LogP contribution >= 0.6 is 0 Å². The lowest BCUT2D eigenvalue weighted by molar-refractivity contribution is -0.144. The third-order valence-electron chi connectivity index (χ3n) is 15.2. The second kappa shape index (κ2) is 16.2. The molecule has 4 aromatic rings. The summed E-state index contributed by atoms with van der Waals surface area (Å²) in [5.41, 5.74) is 5.49. The fourth-order valence-corrected chi connectivity index (χ4v) is 11.5. The first-order valence-corrected chi connectivity index (χ1v) is 22.4. The molecule has 61 heavy (non-hydrogen) atoms. The number of aromatic nitrogens is 2. The number of ether oxygens (including phenoxy) is 1. The number of amides is 3. The largest absolute Gasteiger partial charge is 0.507 e. The van der Waals surface area contributed by atoms with Crippen LogP contribution in [0.5, 0.6) is 5.75 Å². The van der Waals surface area contributed by atoms with E-state index in [2.05, 4.69) is 83.6 Å². The van der Waals surface area contributed by atoms with Crippen LogP contribution in [0.15, 0.2) is 91.1 Å². The fraction of sp³-hybridized carbons (Fsp3) is 0.490. The number of hydrogen-bond acceptors (Lipinski definition) is 10. The van der Waals surface area contributed by atoms with Crippen molar-refractivity contribution in [1.82, 2.24) is 25.3 Å². The molecule has 1 aromatic heterocycles. The van der Waals surface area contributed by atoms with Crippen LogP contribution in [0.1, 0.15) is 74.8 Å². The molecule has 0 aliphatic carbocycles. The second-order valence-corrected chi connectivity index (χ2v) is 18.9. The van der Waals surface area contributed by atoms with E-state index in [-0.39, 0.29) is 46.3 Å². The number of anilines is 2. The Balaban J connectivity index is 0.702. The van der Waals surface area contributed by atoms with Crippen molar-refractivity contribution in [3.8, 4) is 17.0 Å². The Morgan fingerprint density at radius 3 is 2.18 bits per heavy atom. The molecule has 1 unspecified atom stereocenters. The monoisotopic (exact) mass is 823 g/mol. The van der Waals surface area contributed by atoms with Crippen molar-refractivity contribution < 1.29 is 24.2 Å². The van der Waals surface area contributed by atoms with Crippen LogP contribution < -0.4 is 15.1 Å². The summed E-state index contributed by atoms with van der Waals surface area (Å²) in [6.45, 7) is 9.09. The molecular formula is C49H57N7O5. The molecule has 3 aromatic carbocycles. The number of phenols is 1. The van der Waals surface area contributed by atoms with E-state index in [0.717, 1.165) is 127 Å². The Kier molecular flexibility index (Phi) is 10.5. The smallest absolute Gasteiger partial charge is 0.234 e. The van der Waals surface area contributed by atoms with Gasteiger partial charge in [0.05, 0.1) is 41.6 Å². The maximum atomic E-state index is 14.8. The molecule has 6 saturated heterocycles. The van der Waals surface area contributed by atoms with Gasteiger partial charge in [0.15, 0.2) is 0 Å². The predicted molar refractivity (Wildman–Crippen MR) is 233 cm³/mol. The number of piperidine rings is 4. The van der Waals surface area contributed by atoms with E-state index in [1.54, 1.807) is 18.3 Å². The molecule has 318 valence electrons. The van der Waals surface area contributed by atoms with Gasteiger partial charge in [0.25, 0.3) is 0 Å². The number of nitrogens with one attached hydrogen (secondary N) is 1. The fourth-order valence-electron chi connectivity index (χ4n) is 11.5. The van der Waals surface area contributed by atoms with Crippen LogP contribution in [-0.4, -0.2) is 114 Å². The van der Waals surface area contributed by atoms with Crippen molar-refractivity contribution in [2.24, 2.45) is 10.8 Å². The number of carbonyl (C=O) groups is 3. The minimum Gasteiger partial charge on any atom is -0.507 e. The molecule has 12 heteroatoms. The van der Waals surface area contributed by atoms with Crippen molar-refractivity contribution in [3.05, 3.63) is 102 Å². The van der Waals surface area contributed by atoms with Gasteiger partial charge in [0, 0.05) is 76.6 Å². The van der Waals surface area contributed by atoms with E-state index >= 15 is 0 Å². The second-order valence-electron chi connectivity index (χ2n) is 18.9. The van der Waals surface area contributed by atoms with E-state index in [9.17, 15) is 19.5 Å². The number of imide groups is 1. The molecule has 2 spiro atoms. The van der Waals surface area contributed by atoms with Crippen LogP contribution in [0.3, 0.4) is 0 Å². The van der Waals surface area contributed by atoms with Crippen molar-refractivity contribution in [2.45, 2.75) is 75.2 Å². The molecule has 12 nitrogen and oxygen atoms in total. The highest BCUT2D eigenvalue weighted by molar-refractivity contribution is 6.01. The SMILES string of the molecule is O=C1CC[C@H](c2ccc(N3CCC4(CC3)COC(CN3CC5(CCN(C(=O)C6(c7ccccc7)CCN(c7cnnc(-c8ccccc8O)c7)CC6)CC5)C3)C4)cc2)C(=O)N1. The van der Waals surface area contributed by atoms with Gasteiger partial charge >= 0.3 is 0 Å². The maximum absolute atomic E-state index is 14.8. The minimum absolute atomic E-state index is 0.178. The molecule has 0 radical (unpaired) electrons. The number of likely N-dealkylation sites (tertiary alicyclic amines) is 2. The summed E-state index contributed by atoms with van der Waals surface area (Å²) in [4.78, 5) is 48.2. The molecule has 0 saturated carbocycles. The molecule has 2 N–H and O–H groups in total. The Morgan fingerprint density at radius 1 is 0.787 bits per heavy atom. The first-order chi connectivity index (χ1) is 29.7. The lowest BCUT2D eigenvalue weighted by Crippen LogP contribution is -2.63. The lowest BCUT2D eigenvalue weighted by atomic mass is 9.69. The van der Waals surface area contributed by atoms with Gasteiger partial charge in [-0.05, 0) is 104 Å². The molecule has 6 aliphatic rings. The number of para-hydroxylation sites is 1. The Labute approximate surface area is 358 Å².